The van der Waals surface area contributed by atoms with Gasteiger partial charge in [-0.15, -0.1) is 12.4 Å². The molecular weight excluding hydrogens is 258 g/mol. The maximum atomic E-state index is 11.7. The molecule has 1 unspecified atom stereocenters. The second-order valence-corrected chi connectivity index (χ2v) is 4.17. The summed E-state index contributed by atoms with van der Waals surface area (Å²) >= 11 is 0. The predicted molar refractivity (Wildman–Crippen MR) is 70.5 cm³/mol. The first kappa shape index (κ1) is 17.2. The maximum Gasteiger partial charge on any atom is 0.225 e. The van der Waals surface area contributed by atoms with Crippen LogP contribution < -0.4 is 11.1 Å². The van der Waals surface area contributed by atoms with Crippen LogP contribution in [0.2, 0.25) is 0 Å². The van der Waals surface area contributed by atoms with Crippen LogP contribution >= 0.6 is 12.4 Å². The van der Waals surface area contributed by atoms with Gasteiger partial charge in [-0.3, -0.25) is 9.59 Å². The van der Waals surface area contributed by atoms with Gasteiger partial charge in [0.15, 0.2) is 0 Å². The first-order valence-corrected chi connectivity index (χ1v) is 5.93. The van der Waals surface area contributed by atoms with E-state index >= 15 is 0 Å². The standard InChI is InChI=1S/C11H21N3O3.ClH/c1-17-6-5-14-8-9(7-10(14)15)11(16)13-4-2-3-12;/h9H,2-8,12H2,1H3,(H,13,16);1H. The zero-order valence-electron chi connectivity index (χ0n) is 10.7. The van der Waals surface area contributed by atoms with Crippen molar-refractivity contribution < 1.29 is 14.3 Å². The Labute approximate surface area is 114 Å². The largest absolute Gasteiger partial charge is 0.383 e. The van der Waals surface area contributed by atoms with Crippen LogP contribution in [0.3, 0.4) is 0 Å². The van der Waals surface area contributed by atoms with Crippen LogP contribution in [-0.4, -0.2) is 56.6 Å². The van der Waals surface area contributed by atoms with Crippen molar-refractivity contribution in [2.75, 3.05) is 39.9 Å². The molecule has 3 N–H and O–H groups in total. The molecule has 0 aromatic heterocycles. The number of ether oxygens (including phenoxy) is 1. The van der Waals surface area contributed by atoms with Gasteiger partial charge in [0.25, 0.3) is 0 Å². The van der Waals surface area contributed by atoms with Crippen LogP contribution in [0, 0.1) is 5.92 Å². The van der Waals surface area contributed by atoms with Crippen LogP contribution in [0.4, 0.5) is 0 Å². The number of carbonyl (C=O) groups is 2. The van der Waals surface area contributed by atoms with Gasteiger partial charge in [-0.05, 0) is 13.0 Å². The van der Waals surface area contributed by atoms with Crippen LogP contribution in [0.5, 0.6) is 0 Å². The molecule has 1 atom stereocenters. The zero-order valence-corrected chi connectivity index (χ0v) is 11.5. The number of nitrogens with one attached hydrogen (secondary N) is 1. The van der Waals surface area contributed by atoms with Gasteiger partial charge in [0.05, 0.1) is 12.5 Å². The molecule has 1 aliphatic heterocycles. The van der Waals surface area contributed by atoms with E-state index in [1.807, 2.05) is 0 Å². The van der Waals surface area contributed by atoms with Gasteiger partial charge >= 0.3 is 0 Å². The van der Waals surface area contributed by atoms with Gasteiger partial charge in [0.1, 0.15) is 0 Å². The van der Waals surface area contributed by atoms with Crippen molar-refractivity contribution in [1.29, 1.82) is 0 Å². The topological polar surface area (TPSA) is 84.7 Å². The fourth-order valence-corrected chi connectivity index (χ4v) is 1.82. The van der Waals surface area contributed by atoms with Gasteiger partial charge in [-0.2, -0.15) is 0 Å². The SMILES string of the molecule is COCCN1CC(C(=O)NCCCN)CC1=O.Cl. The van der Waals surface area contributed by atoms with Gasteiger partial charge in [0, 0.05) is 33.2 Å². The molecule has 0 spiro atoms. The summed E-state index contributed by atoms with van der Waals surface area (Å²) in [4.78, 5) is 25.0. The van der Waals surface area contributed by atoms with E-state index in [1.54, 1.807) is 12.0 Å². The Hall–Kier alpha value is -0.850. The average Bonchev–Trinajstić information content (AvgIpc) is 2.68. The van der Waals surface area contributed by atoms with E-state index in [2.05, 4.69) is 5.32 Å². The highest BCUT2D eigenvalue weighted by Crippen LogP contribution is 2.17. The molecule has 7 heteroatoms. The Morgan fingerprint density at radius 2 is 2.33 bits per heavy atom. The minimum Gasteiger partial charge on any atom is -0.383 e. The highest BCUT2D eigenvalue weighted by molar-refractivity contribution is 5.89. The van der Waals surface area contributed by atoms with Crippen LogP contribution in [0.1, 0.15) is 12.8 Å². The number of carbonyl (C=O) groups excluding carboxylic acids is 2. The van der Waals surface area contributed by atoms with Crippen molar-refractivity contribution >= 4 is 24.2 Å². The summed E-state index contributed by atoms with van der Waals surface area (Å²) in [6.45, 7) is 2.70. The van der Waals surface area contributed by atoms with E-state index < -0.39 is 0 Å². The summed E-state index contributed by atoms with van der Waals surface area (Å²) in [5, 5.41) is 2.79. The molecule has 0 saturated carbocycles. The Balaban J connectivity index is 0.00000289. The molecule has 1 heterocycles. The van der Waals surface area contributed by atoms with Crippen molar-refractivity contribution in [3.05, 3.63) is 0 Å². The smallest absolute Gasteiger partial charge is 0.225 e. The van der Waals surface area contributed by atoms with Crippen LogP contribution in [0.15, 0.2) is 0 Å². The molecule has 1 aliphatic rings. The number of rotatable bonds is 7. The third-order valence-corrected chi connectivity index (χ3v) is 2.83. The van der Waals surface area contributed by atoms with Gasteiger partial charge in [-0.1, -0.05) is 0 Å². The molecule has 6 nitrogen and oxygen atoms in total. The van der Waals surface area contributed by atoms with E-state index in [0.29, 0.717) is 39.2 Å². The molecule has 18 heavy (non-hydrogen) atoms. The van der Waals surface area contributed by atoms with Gasteiger partial charge in [0.2, 0.25) is 11.8 Å². The number of nitrogens with zero attached hydrogens (tertiary/aromatic N) is 1. The second kappa shape index (κ2) is 9.13. The number of likely N-dealkylation sites (tertiary alicyclic amines) is 1. The molecule has 0 aromatic rings. The predicted octanol–water partition coefficient (Wildman–Crippen LogP) is -0.632. The first-order chi connectivity index (χ1) is 8.19. The number of amides is 2. The Bertz CT molecular complexity index is 276. The summed E-state index contributed by atoms with van der Waals surface area (Å²) in [5.41, 5.74) is 5.34. The van der Waals surface area contributed by atoms with Crippen molar-refractivity contribution in [3.63, 3.8) is 0 Å². The molecule has 0 bridgehead atoms. The summed E-state index contributed by atoms with van der Waals surface area (Å²) in [7, 11) is 1.59. The summed E-state index contributed by atoms with van der Waals surface area (Å²) < 4.78 is 4.92. The normalized spacial score (nSPS) is 18.7. The first-order valence-electron chi connectivity index (χ1n) is 5.93. The van der Waals surface area contributed by atoms with Crippen molar-refractivity contribution in [3.8, 4) is 0 Å². The number of methoxy groups -OCH3 is 1. The highest BCUT2D eigenvalue weighted by atomic mass is 35.5. The lowest BCUT2D eigenvalue weighted by molar-refractivity contribution is -0.129. The lowest BCUT2D eigenvalue weighted by Crippen LogP contribution is -2.34. The van der Waals surface area contributed by atoms with Crippen LogP contribution in [0.25, 0.3) is 0 Å². The quantitative estimate of drug-likeness (QED) is 0.608. The zero-order chi connectivity index (χ0) is 12.7. The summed E-state index contributed by atoms with van der Waals surface area (Å²) in [5.74, 6) is -0.245. The monoisotopic (exact) mass is 279 g/mol. The van der Waals surface area contributed by atoms with Crippen LogP contribution in [-0.2, 0) is 14.3 Å². The van der Waals surface area contributed by atoms with E-state index in [9.17, 15) is 9.59 Å². The summed E-state index contributed by atoms with van der Waals surface area (Å²) in [6, 6.07) is 0. The molecule has 1 rings (SSSR count). The Kier molecular flexibility index (Phi) is 8.70. The highest BCUT2D eigenvalue weighted by Gasteiger charge is 2.33. The molecule has 1 fully saturated rings. The minimum absolute atomic E-state index is 0. The molecule has 0 aromatic carbocycles. The molecular formula is C11H22ClN3O3. The van der Waals surface area contributed by atoms with E-state index in [-0.39, 0.29) is 30.1 Å². The van der Waals surface area contributed by atoms with E-state index in [1.165, 1.54) is 0 Å². The minimum atomic E-state index is -0.225. The molecule has 106 valence electrons. The fraction of sp³-hybridized carbons (Fsp3) is 0.818. The van der Waals surface area contributed by atoms with Crippen molar-refractivity contribution in [1.82, 2.24) is 10.2 Å². The Morgan fingerprint density at radius 3 is 2.94 bits per heavy atom. The third kappa shape index (κ3) is 5.20. The summed E-state index contributed by atoms with van der Waals surface area (Å²) in [6.07, 6.45) is 1.07. The number of nitrogens with two attached hydrogens (primary N) is 1. The fourth-order valence-electron chi connectivity index (χ4n) is 1.82. The van der Waals surface area contributed by atoms with Crippen molar-refractivity contribution in [2.24, 2.45) is 11.7 Å². The lowest BCUT2D eigenvalue weighted by atomic mass is 10.1. The Morgan fingerprint density at radius 1 is 1.61 bits per heavy atom. The lowest BCUT2D eigenvalue weighted by Gasteiger charge is -2.15. The number of hydrogen-bond acceptors (Lipinski definition) is 4. The van der Waals surface area contributed by atoms with E-state index in [0.717, 1.165) is 6.42 Å². The van der Waals surface area contributed by atoms with Gasteiger partial charge < -0.3 is 20.7 Å². The molecule has 0 aliphatic carbocycles. The van der Waals surface area contributed by atoms with E-state index in [4.69, 9.17) is 10.5 Å². The number of halogens is 1. The van der Waals surface area contributed by atoms with Gasteiger partial charge in [-0.25, -0.2) is 0 Å². The van der Waals surface area contributed by atoms with Crippen molar-refractivity contribution in [2.45, 2.75) is 12.8 Å². The third-order valence-electron chi connectivity index (χ3n) is 2.83. The molecule has 1 saturated heterocycles. The second-order valence-electron chi connectivity index (χ2n) is 4.17. The average molecular weight is 280 g/mol. The maximum absolute atomic E-state index is 11.7. The molecule has 0 radical (unpaired) electrons. The molecule has 2 amide bonds. The number of hydrogen-bond donors (Lipinski definition) is 2.